The van der Waals surface area contributed by atoms with Crippen LogP contribution in [0.25, 0.3) is 22.0 Å². The van der Waals surface area contributed by atoms with E-state index in [0.29, 0.717) is 17.8 Å². The van der Waals surface area contributed by atoms with Gasteiger partial charge in [-0.2, -0.15) is 10.4 Å². The number of rotatable bonds is 4. The van der Waals surface area contributed by atoms with E-state index in [0.717, 1.165) is 67.0 Å². The minimum Gasteiger partial charge on any atom is -0.379 e. The van der Waals surface area contributed by atoms with Gasteiger partial charge in [0.05, 0.1) is 18.7 Å². The van der Waals surface area contributed by atoms with Crippen LogP contribution in [0.15, 0.2) is 30.7 Å². The summed E-state index contributed by atoms with van der Waals surface area (Å²) in [6.07, 6.45) is 8.03. The summed E-state index contributed by atoms with van der Waals surface area (Å²) in [5, 5.41) is 20.7. The van der Waals surface area contributed by atoms with Crippen molar-refractivity contribution in [3.63, 3.8) is 0 Å². The summed E-state index contributed by atoms with van der Waals surface area (Å²) in [5.74, 6) is 0.860. The van der Waals surface area contributed by atoms with Crippen LogP contribution in [-0.2, 0) is 4.74 Å². The fraction of sp³-hybridized carbons (Fsp3) is 0.455. The predicted octanol–water partition coefficient (Wildman–Crippen LogP) is 2.95. The first kappa shape index (κ1) is 19.0. The second kappa shape index (κ2) is 8.38. The highest BCUT2D eigenvalue weighted by Gasteiger charge is 2.27. The van der Waals surface area contributed by atoms with Gasteiger partial charge >= 0.3 is 0 Å². The van der Waals surface area contributed by atoms with Gasteiger partial charge in [-0.25, -0.2) is 9.97 Å². The summed E-state index contributed by atoms with van der Waals surface area (Å²) < 4.78 is 5.49. The maximum atomic E-state index is 9.29. The number of benzene rings is 1. The third kappa shape index (κ3) is 3.74. The van der Waals surface area contributed by atoms with Gasteiger partial charge in [-0.15, -0.1) is 0 Å². The zero-order chi connectivity index (χ0) is 20.3. The largest absolute Gasteiger partial charge is 0.379 e. The van der Waals surface area contributed by atoms with Crippen molar-refractivity contribution in [1.29, 1.82) is 5.26 Å². The van der Waals surface area contributed by atoms with E-state index in [4.69, 9.17) is 4.74 Å². The lowest BCUT2D eigenvalue weighted by Gasteiger charge is -2.39. The second-order valence-electron chi connectivity index (χ2n) is 8.01. The molecule has 0 radical (unpaired) electrons. The monoisotopic (exact) mass is 403 g/mol. The van der Waals surface area contributed by atoms with Crippen molar-refractivity contribution in [2.45, 2.75) is 37.8 Å². The van der Waals surface area contributed by atoms with Gasteiger partial charge in [-0.3, -0.25) is 10.00 Å². The Morgan fingerprint density at radius 3 is 2.77 bits per heavy atom. The molecule has 0 unspecified atom stereocenters. The van der Waals surface area contributed by atoms with E-state index >= 15 is 0 Å². The lowest BCUT2D eigenvalue weighted by atomic mass is 9.90. The SMILES string of the molecule is N#Cc1n[nH]cc1-c1ccc2ncnc(N[C@H]3CC[C@H](N4CCOCC4)CC3)c2c1. The number of morpholine rings is 1. The molecule has 2 fully saturated rings. The molecule has 1 saturated carbocycles. The topological polar surface area (TPSA) is 103 Å². The summed E-state index contributed by atoms with van der Waals surface area (Å²) in [6, 6.07) is 9.20. The Bertz CT molecular complexity index is 1060. The summed E-state index contributed by atoms with van der Waals surface area (Å²) in [6.45, 7) is 3.83. The number of ether oxygens (including phenoxy) is 1. The van der Waals surface area contributed by atoms with Crippen molar-refractivity contribution in [1.82, 2.24) is 25.1 Å². The summed E-state index contributed by atoms with van der Waals surface area (Å²) >= 11 is 0. The van der Waals surface area contributed by atoms with Crippen molar-refractivity contribution < 1.29 is 4.74 Å². The molecule has 2 aliphatic rings. The summed E-state index contributed by atoms with van der Waals surface area (Å²) in [5.41, 5.74) is 3.00. The van der Waals surface area contributed by atoms with Crippen molar-refractivity contribution in [3.05, 3.63) is 36.4 Å². The Morgan fingerprint density at radius 2 is 1.97 bits per heavy atom. The first-order valence-corrected chi connectivity index (χ1v) is 10.6. The molecule has 30 heavy (non-hydrogen) atoms. The molecule has 154 valence electrons. The fourth-order valence-corrected chi connectivity index (χ4v) is 4.66. The molecular weight excluding hydrogens is 378 g/mol. The van der Waals surface area contributed by atoms with Crippen LogP contribution in [0.4, 0.5) is 5.82 Å². The molecule has 1 aliphatic heterocycles. The van der Waals surface area contributed by atoms with Gasteiger partial charge in [0.15, 0.2) is 5.69 Å². The van der Waals surface area contributed by atoms with Crippen LogP contribution < -0.4 is 5.32 Å². The zero-order valence-corrected chi connectivity index (χ0v) is 16.8. The number of aromatic nitrogens is 4. The van der Waals surface area contributed by atoms with Crippen LogP contribution in [0.1, 0.15) is 31.4 Å². The molecule has 0 bridgehead atoms. The fourth-order valence-electron chi connectivity index (χ4n) is 4.66. The van der Waals surface area contributed by atoms with Gasteiger partial charge in [0.25, 0.3) is 0 Å². The minimum atomic E-state index is 0.391. The quantitative estimate of drug-likeness (QED) is 0.690. The van der Waals surface area contributed by atoms with Crippen LogP contribution in [0.5, 0.6) is 0 Å². The molecule has 0 spiro atoms. The van der Waals surface area contributed by atoms with E-state index in [1.54, 1.807) is 12.5 Å². The molecule has 2 N–H and O–H groups in total. The number of hydrogen-bond donors (Lipinski definition) is 2. The van der Waals surface area contributed by atoms with Gasteiger partial charge in [-0.05, 0) is 43.4 Å². The van der Waals surface area contributed by atoms with Crippen LogP contribution in [-0.4, -0.2) is 63.5 Å². The number of nitriles is 1. The molecule has 1 aromatic carbocycles. The van der Waals surface area contributed by atoms with Crippen LogP contribution in [0.3, 0.4) is 0 Å². The normalized spacial score (nSPS) is 22.6. The van der Waals surface area contributed by atoms with Gasteiger partial charge < -0.3 is 10.1 Å². The predicted molar refractivity (Wildman–Crippen MR) is 114 cm³/mol. The molecule has 3 aromatic rings. The number of H-pyrrole nitrogens is 1. The summed E-state index contributed by atoms with van der Waals surface area (Å²) in [7, 11) is 0. The second-order valence-corrected chi connectivity index (χ2v) is 8.01. The minimum absolute atomic E-state index is 0.391. The molecule has 8 heteroatoms. The maximum Gasteiger partial charge on any atom is 0.170 e. The molecule has 8 nitrogen and oxygen atoms in total. The molecule has 0 atom stereocenters. The van der Waals surface area contributed by atoms with Crippen molar-refractivity contribution in [3.8, 4) is 17.2 Å². The van der Waals surface area contributed by atoms with E-state index in [1.807, 2.05) is 18.2 Å². The van der Waals surface area contributed by atoms with Gasteiger partial charge in [-0.1, -0.05) is 6.07 Å². The Kier molecular flexibility index (Phi) is 5.30. The van der Waals surface area contributed by atoms with Crippen molar-refractivity contribution in [2.75, 3.05) is 31.6 Å². The zero-order valence-electron chi connectivity index (χ0n) is 16.8. The molecule has 1 aliphatic carbocycles. The van der Waals surface area contributed by atoms with Crippen molar-refractivity contribution in [2.24, 2.45) is 0 Å². The Morgan fingerprint density at radius 1 is 1.13 bits per heavy atom. The number of aromatic amines is 1. The van der Waals surface area contributed by atoms with Crippen LogP contribution in [0, 0.1) is 11.3 Å². The smallest absolute Gasteiger partial charge is 0.170 e. The molecule has 0 amide bonds. The maximum absolute atomic E-state index is 9.29. The van der Waals surface area contributed by atoms with Gasteiger partial charge in [0.2, 0.25) is 0 Å². The highest BCUT2D eigenvalue weighted by atomic mass is 16.5. The molecule has 1 saturated heterocycles. The highest BCUT2D eigenvalue weighted by Crippen LogP contribution is 2.31. The van der Waals surface area contributed by atoms with E-state index in [1.165, 1.54) is 12.8 Å². The van der Waals surface area contributed by atoms with E-state index < -0.39 is 0 Å². The number of anilines is 1. The van der Waals surface area contributed by atoms with Gasteiger partial charge in [0, 0.05) is 42.3 Å². The van der Waals surface area contributed by atoms with E-state index in [2.05, 4.69) is 36.5 Å². The average molecular weight is 403 g/mol. The van der Waals surface area contributed by atoms with Crippen LogP contribution in [0.2, 0.25) is 0 Å². The Labute approximate surface area is 175 Å². The standard InChI is InChI=1S/C22H25N7O/c23-12-21-19(13-26-28-21)15-1-6-20-18(11-15)22(25-14-24-20)27-16-2-4-17(5-3-16)29-7-9-30-10-8-29/h1,6,11,13-14,16-17H,2-5,7-10H2,(H,26,28)(H,24,25,27)/t16-,17-. The third-order valence-electron chi connectivity index (χ3n) is 6.29. The highest BCUT2D eigenvalue weighted by molar-refractivity contribution is 5.92. The Hall–Kier alpha value is -3.02. The Balaban J connectivity index is 1.33. The lowest BCUT2D eigenvalue weighted by molar-refractivity contribution is 0.00791. The third-order valence-corrected chi connectivity index (χ3v) is 6.29. The number of fused-ring (bicyclic) bond motifs is 1. The number of hydrogen-bond acceptors (Lipinski definition) is 7. The molecule has 2 aromatic heterocycles. The van der Waals surface area contributed by atoms with Gasteiger partial charge in [0.1, 0.15) is 18.2 Å². The number of nitrogens with zero attached hydrogens (tertiary/aromatic N) is 5. The molecule has 5 rings (SSSR count). The van der Waals surface area contributed by atoms with Crippen LogP contribution >= 0.6 is 0 Å². The van der Waals surface area contributed by atoms with E-state index in [9.17, 15) is 5.26 Å². The molecular formula is C22H25N7O. The first-order valence-electron chi connectivity index (χ1n) is 10.6. The lowest BCUT2D eigenvalue weighted by Crippen LogP contribution is -2.46. The average Bonchev–Trinajstić information content (AvgIpc) is 3.29. The van der Waals surface area contributed by atoms with E-state index in [-0.39, 0.29) is 0 Å². The van der Waals surface area contributed by atoms with Crippen molar-refractivity contribution >= 4 is 16.7 Å². The number of nitrogens with one attached hydrogen (secondary N) is 2. The summed E-state index contributed by atoms with van der Waals surface area (Å²) in [4.78, 5) is 11.5. The first-order chi connectivity index (χ1) is 14.8. The molecule has 3 heterocycles.